The zero-order valence-corrected chi connectivity index (χ0v) is 11.4. The molecule has 2 nitrogen and oxygen atoms in total. The summed E-state index contributed by atoms with van der Waals surface area (Å²) in [7, 11) is 0. The van der Waals surface area contributed by atoms with Crippen LogP contribution in [0.4, 0.5) is 0 Å². The fourth-order valence-electron chi connectivity index (χ4n) is 2.04. The van der Waals surface area contributed by atoms with Crippen LogP contribution in [-0.2, 0) is 0 Å². The lowest BCUT2D eigenvalue weighted by Crippen LogP contribution is -2.27. The van der Waals surface area contributed by atoms with Gasteiger partial charge in [0, 0.05) is 6.54 Å². The second-order valence-electron chi connectivity index (χ2n) is 4.63. The molecule has 0 amide bonds. The first kappa shape index (κ1) is 15.9. The summed E-state index contributed by atoms with van der Waals surface area (Å²) in [6, 6.07) is 0. The molecule has 0 aromatic rings. The normalized spacial score (nSPS) is 11.2. The molecule has 16 heavy (non-hydrogen) atoms. The Labute approximate surface area is 102 Å². The predicted molar refractivity (Wildman–Crippen MR) is 71.8 cm³/mol. The Hall–Kier alpha value is -0.0800. The van der Waals surface area contributed by atoms with Crippen molar-refractivity contribution in [3.8, 4) is 0 Å². The summed E-state index contributed by atoms with van der Waals surface area (Å²) < 4.78 is 0. The van der Waals surface area contributed by atoms with Crippen molar-refractivity contribution in [2.45, 2.75) is 65.2 Å². The molecule has 0 radical (unpaired) electrons. The topological polar surface area (TPSA) is 23.5 Å². The maximum absolute atomic E-state index is 8.85. The third-order valence-corrected chi connectivity index (χ3v) is 3.19. The molecule has 0 spiro atoms. The van der Waals surface area contributed by atoms with Crippen molar-refractivity contribution >= 4 is 0 Å². The summed E-state index contributed by atoms with van der Waals surface area (Å²) in [4.78, 5) is 2.33. The predicted octanol–water partition coefficient (Wildman–Crippen LogP) is 3.44. The summed E-state index contributed by atoms with van der Waals surface area (Å²) in [5, 5.41) is 8.85. The lowest BCUT2D eigenvalue weighted by molar-refractivity contribution is 0.199. The molecule has 0 aliphatic rings. The maximum atomic E-state index is 8.85. The average molecular weight is 229 g/mol. The molecule has 0 heterocycles. The van der Waals surface area contributed by atoms with Crippen LogP contribution >= 0.6 is 0 Å². The number of unbranched alkanes of at least 4 members (excludes halogenated alkanes) is 7. The van der Waals surface area contributed by atoms with Crippen molar-refractivity contribution in [1.82, 2.24) is 4.90 Å². The third-order valence-electron chi connectivity index (χ3n) is 3.19. The third kappa shape index (κ3) is 10.4. The molecule has 0 unspecified atom stereocenters. The van der Waals surface area contributed by atoms with Gasteiger partial charge in [0.1, 0.15) is 0 Å². The molecule has 0 atom stereocenters. The molecule has 0 aliphatic heterocycles. The van der Waals surface area contributed by atoms with Crippen molar-refractivity contribution in [2.75, 3.05) is 26.2 Å². The Morgan fingerprint density at radius 2 is 1.31 bits per heavy atom. The minimum absolute atomic E-state index is 0.296. The van der Waals surface area contributed by atoms with Crippen molar-refractivity contribution in [3.05, 3.63) is 0 Å². The molecule has 98 valence electrons. The monoisotopic (exact) mass is 229 g/mol. The van der Waals surface area contributed by atoms with E-state index in [0.29, 0.717) is 6.61 Å². The van der Waals surface area contributed by atoms with E-state index in [4.69, 9.17) is 5.11 Å². The van der Waals surface area contributed by atoms with E-state index in [2.05, 4.69) is 18.7 Å². The number of hydrogen-bond donors (Lipinski definition) is 1. The second-order valence-corrected chi connectivity index (χ2v) is 4.63. The number of aliphatic hydroxyl groups excluding tert-OH is 1. The molecular weight excluding hydrogens is 198 g/mol. The first-order chi connectivity index (χ1) is 7.85. The van der Waals surface area contributed by atoms with Crippen molar-refractivity contribution in [1.29, 1.82) is 0 Å². The lowest BCUT2D eigenvalue weighted by Gasteiger charge is -2.18. The highest BCUT2D eigenvalue weighted by molar-refractivity contribution is 4.55. The molecule has 0 aromatic heterocycles. The standard InChI is InChI=1S/C14H31NO/c1-3-5-6-7-8-9-10-11-12-15(4-2)13-14-16/h16H,3-14H2,1-2H3. The van der Waals surface area contributed by atoms with E-state index in [1.54, 1.807) is 0 Å². The largest absolute Gasteiger partial charge is 0.395 e. The molecule has 0 fully saturated rings. The zero-order chi connectivity index (χ0) is 12.1. The minimum atomic E-state index is 0.296. The van der Waals surface area contributed by atoms with Gasteiger partial charge < -0.3 is 10.0 Å². The molecule has 0 saturated carbocycles. The summed E-state index contributed by atoms with van der Waals surface area (Å²) in [5.74, 6) is 0. The van der Waals surface area contributed by atoms with Crippen molar-refractivity contribution in [2.24, 2.45) is 0 Å². The van der Waals surface area contributed by atoms with Crippen molar-refractivity contribution < 1.29 is 5.11 Å². The maximum Gasteiger partial charge on any atom is 0.0558 e. The molecule has 0 rings (SSSR count). The van der Waals surface area contributed by atoms with Crippen LogP contribution in [0, 0.1) is 0 Å². The van der Waals surface area contributed by atoms with Crippen LogP contribution in [0.1, 0.15) is 65.2 Å². The molecular formula is C14H31NO. The van der Waals surface area contributed by atoms with Gasteiger partial charge in [0.05, 0.1) is 6.61 Å². The van der Waals surface area contributed by atoms with Crippen LogP contribution in [0.25, 0.3) is 0 Å². The summed E-state index contributed by atoms with van der Waals surface area (Å²) in [6.07, 6.45) is 11.0. The van der Waals surface area contributed by atoms with Crippen LogP contribution < -0.4 is 0 Å². The van der Waals surface area contributed by atoms with E-state index in [9.17, 15) is 0 Å². The smallest absolute Gasteiger partial charge is 0.0558 e. The summed E-state index contributed by atoms with van der Waals surface area (Å²) in [5.41, 5.74) is 0. The van der Waals surface area contributed by atoms with E-state index in [1.165, 1.54) is 51.4 Å². The fourth-order valence-corrected chi connectivity index (χ4v) is 2.04. The zero-order valence-electron chi connectivity index (χ0n) is 11.4. The number of rotatable bonds is 12. The van der Waals surface area contributed by atoms with Crippen molar-refractivity contribution in [3.63, 3.8) is 0 Å². The number of likely N-dealkylation sites (N-methyl/N-ethyl adjacent to an activating group) is 1. The van der Waals surface area contributed by atoms with E-state index in [1.807, 2.05) is 0 Å². The highest BCUT2D eigenvalue weighted by Gasteiger charge is 2.00. The Morgan fingerprint density at radius 1 is 0.750 bits per heavy atom. The fraction of sp³-hybridized carbons (Fsp3) is 1.00. The van der Waals surface area contributed by atoms with E-state index < -0.39 is 0 Å². The highest BCUT2D eigenvalue weighted by atomic mass is 16.3. The van der Waals surface area contributed by atoms with Gasteiger partial charge in [0.2, 0.25) is 0 Å². The SMILES string of the molecule is CCCCCCCCCCN(CC)CCO. The van der Waals surface area contributed by atoms with Gasteiger partial charge in [-0.25, -0.2) is 0 Å². The number of hydrogen-bond acceptors (Lipinski definition) is 2. The molecule has 2 heteroatoms. The van der Waals surface area contributed by atoms with Gasteiger partial charge in [-0.1, -0.05) is 58.8 Å². The Morgan fingerprint density at radius 3 is 1.81 bits per heavy atom. The van der Waals surface area contributed by atoms with Gasteiger partial charge in [0.15, 0.2) is 0 Å². The average Bonchev–Trinajstić information content (AvgIpc) is 2.31. The summed E-state index contributed by atoms with van der Waals surface area (Å²) in [6.45, 7) is 7.79. The van der Waals surface area contributed by atoms with Crippen LogP contribution in [0.15, 0.2) is 0 Å². The quantitative estimate of drug-likeness (QED) is 0.518. The van der Waals surface area contributed by atoms with E-state index in [-0.39, 0.29) is 0 Å². The van der Waals surface area contributed by atoms with Gasteiger partial charge in [-0.15, -0.1) is 0 Å². The van der Waals surface area contributed by atoms with E-state index in [0.717, 1.165) is 19.6 Å². The molecule has 1 N–H and O–H groups in total. The molecule has 0 aliphatic carbocycles. The van der Waals surface area contributed by atoms with Crippen LogP contribution in [-0.4, -0.2) is 36.2 Å². The highest BCUT2D eigenvalue weighted by Crippen LogP contribution is 2.08. The molecule has 0 aromatic carbocycles. The Kier molecular flexibility index (Phi) is 12.9. The van der Waals surface area contributed by atoms with Crippen LogP contribution in [0.5, 0.6) is 0 Å². The van der Waals surface area contributed by atoms with Gasteiger partial charge in [-0.2, -0.15) is 0 Å². The first-order valence-corrected chi connectivity index (χ1v) is 7.18. The minimum Gasteiger partial charge on any atom is -0.395 e. The van der Waals surface area contributed by atoms with Crippen LogP contribution in [0.2, 0.25) is 0 Å². The van der Waals surface area contributed by atoms with Gasteiger partial charge in [0.25, 0.3) is 0 Å². The number of nitrogens with zero attached hydrogens (tertiary/aromatic N) is 1. The molecule has 0 saturated heterocycles. The summed E-state index contributed by atoms with van der Waals surface area (Å²) >= 11 is 0. The lowest BCUT2D eigenvalue weighted by atomic mass is 10.1. The number of aliphatic hydroxyl groups is 1. The van der Waals surface area contributed by atoms with E-state index >= 15 is 0 Å². The van der Waals surface area contributed by atoms with Gasteiger partial charge in [-0.3, -0.25) is 0 Å². The van der Waals surface area contributed by atoms with Gasteiger partial charge >= 0.3 is 0 Å². The first-order valence-electron chi connectivity index (χ1n) is 7.18. The van der Waals surface area contributed by atoms with Gasteiger partial charge in [-0.05, 0) is 19.5 Å². The van der Waals surface area contributed by atoms with Crippen LogP contribution in [0.3, 0.4) is 0 Å². The molecule has 0 bridgehead atoms. The Bertz CT molecular complexity index is 128. The Balaban J connectivity index is 3.12. The second kappa shape index (κ2) is 13.0.